The van der Waals surface area contributed by atoms with E-state index >= 15 is 0 Å². The first-order chi connectivity index (χ1) is 13.2. The van der Waals surface area contributed by atoms with Gasteiger partial charge in [-0.05, 0) is 55.3 Å². The van der Waals surface area contributed by atoms with Gasteiger partial charge in [0.1, 0.15) is 5.75 Å². The van der Waals surface area contributed by atoms with Crippen LogP contribution in [0, 0.1) is 0 Å². The standard InChI is InChI=1S/C19H19F3N2O3S/c1-27-15-5-7-16(8-6-15)28(25,26)24-12-14-3-2-10-23(14)17-9-4-13(11-18(17)24)19(20,21)22/h4-9,11,14H,2-3,10,12H2,1H3/t14-/m1/s1. The molecule has 0 N–H and O–H groups in total. The van der Waals surface area contributed by atoms with E-state index in [0.717, 1.165) is 29.3 Å². The number of halogens is 3. The molecule has 2 aliphatic rings. The SMILES string of the molecule is COc1ccc(S(=O)(=O)N2C[C@H]3CCCN3c3ccc(C(F)(F)F)cc32)cc1. The number of hydrogen-bond donors (Lipinski definition) is 0. The van der Waals surface area contributed by atoms with Crippen molar-refractivity contribution < 1.29 is 26.3 Å². The van der Waals surface area contributed by atoms with Crippen LogP contribution in [0.1, 0.15) is 18.4 Å². The van der Waals surface area contributed by atoms with Crippen molar-refractivity contribution >= 4 is 21.4 Å². The van der Waals surface area contributed by atoms with Gasteiger partial charge < -0.3 is 9.64 Å². The third kappa shape index (κ3) is 3.07. The number of hydrogen-bond acceptors (Lipinski definition) is 4. The quantitative estimate of drug-likeness (QED) is 0.768. The van der Waals surface area contributed by atoms with Crippen LogP contribution in [-0.2, 0) is 16.2 Å². The maximum atomic E-state index is 13.3. The Kier molecular flexibility index (Phi) is 4.45. The van der Waals surface area contributed by atoms with Crippen molar-refractivity contribution in [1.29, 1.82) is 0 Å². The van der Waals surface area contributed by atoms with Gasteiger partial charge in [0, 0.05) is 12.6 Å². The molecule has 150 valence electrons. The Morgan fingerprint density at radius 2 is 1.79 bits per heavy atom. The molecule has 5 nitrogen and oxygen atoms in total. The van der Waals surface area contributed by atoms with Crippen LogP contribution in [0.3, 0.4) is 0 Å². The maximum absolute atomic E-state index is 13.3. The number of ether oxygens (including phenoxy) is 1. The van der Waals surface area contributed by atoms with Gasteiger partial charge in [0.05, 0.1) is 35.5 Å². The number of alkyl halides is 3. The first-order valence-corrected chi connectivity index (χ1v) is 10.3. The highest BCUT2D eigenvalue weighted by molar-refractivity contribution is 7.92. The van der Waals surface area contributed by atoms with Crippen LogP contribution in [0.15, 0.2) is 47.4 Å². The molecule has 0 aliphatic carbocycles. The zero-order valence-corrected chi connectivity index (χ0v) is 15.9. The van der Waals surface area contributed by atoms with Crippen LogP contribution >= 0.6 is 0 Å². The van der Waals surface area contributed by atoms with Crippen LogP contribution in [-0.4, -0.2) is 34.7 Å². The topological polar surface area (TPSA) is 49.9 Å². The number of methoxy groups -OCH3 is 1. The lowest BCUT2D eigenvalue weighted by atomic mass is 10.1. The van der Waals surface area contributed by atoms with Gasteiger partial charge in [-0.25, -0.2) is 8.42 Å². The van der Waals surface area contributed by atoms with E-state index in [0.29, 0.717) is 18.0 Å². The van der Waals surface area contributed by atoms with E-state index in [1.165, 1.54) is 37.4 Å². The Hall–Kier alpha value is -2.42. The molecule has 0 unspecified atom stereocenters. The Labute approximate surface area is 161 Å². The molecular weight excluding hydrogens is 393 g/mol. The second-order valence-corrected chi connectivity index (χ2v) is 8.76. The first-order valence-electron chi connectivity index (χ1n) is 8.86. The summed E-state index contributed by atoms with van der Waals surface area (Å²) in [5, 5.41) is 0. The third-order valence-electron chi connectivity index (χ3n) is 5.28. The van der Waals surface area contributed by atoms with E-state index in [2.05, 4.69) is 0 Å². The molecule has 0 saturated carbocycles. The summed E-state index contributed by atoms with van der Waals surface area (Å²) in [5.41, 5.74) is -0.263. The Bertz CT molecular complexity index is 990. The lowest BCUT2D eigenvalue weighted by molar-refractivity contribution is -0.137. The van der Waals surface area contributed by atoms with Crippen molar-refractivity contribution in [2.45, 2.75) is 30.0 Å². The minimum atomic E-state index is -4.55. The van der Waals surface area contributed by atoms with Crippen molar-refractivity contribution in [3.63, 3.8) is 0 Å². The monoisotopic (exact) mass is 412 g/mol. The van der Waals surface area contributed by atoms with Crippen molar-refractivity contribution in [3.05, 3.63) is 48.0 Å². The van der Waals surface area contributed by atoms with Gasteiger partial charge in [-0.3, -0.25) is 4.31 Å². The van der Waals surface area contributed by atoms with E-state index < -0.39 is 21.8 Å². The predicted octanol–water partition coefficient (Wildman–Crippen LogP) is 3.89. The molecule has 0 aromatic heterocycles. The van der Waals surface area contributed by atoms with Crippen LogP contribution in [0.4, 0.5) is 24.5 Å². The molecule has 2 aromatic carbocycles. The molecule has 28 heavy (non-hydrogen) atoms. The summed E-state index contributed by atoms with van der Waals surface area (Å²) in [4.78, 5) is 2.03. The molecule has 0 radical (unpaired) electrons. The molecule has 1 atom stereocenters. The van der Waals surface area contributed by atoms with Crippen molar-refractivity contribution in [2.75, 3.05) is 29.4 Å². The fourth-order valence-corrected chi connectivity index (χ4v) is 5.39. The van der Waals surface area contributed by atoms with Crippen molar-refractivity contribution in [3.8, 4) is 5.75 Å². The summed E-state index contributed by atoms with van der Waals surface area (Å²) in [6.07, 6.45) is -2.87. The molecule has 1 fully saturated rings. The Balaban J connectivity index is 1.84. The van der Waals surface area contributed by atoms with Gasteiger partial charge in [0.25, 0.3) is 10.0 Å². The molecule has 1 saturated heterocycles. The minimum Gasteiger partial charge on any atom is -0.497 e. The van der Waals surface area contributed by atoms with Crippen molar-refractivity contribution in [1.82, 2.24) is 0 Å². The average Bonchev–Trinajstić information content (AvgIpc) is 3.15. The highest BCUT2D eigenvalue weighted by atomic mass is 32.2. The summed E-state index contributed by atoms with van der Waals surface area (Å²) in [5.74, 6) is 0.499. The molecule has 2 aromatic rings. The average molecular weight is 412 g/mol. The Morgan fingerprint density at radius 1 is 1.07 bits per heavy atom. The lowest BCUT2D eigenvalue weighted by Gasteiger charge is -2.40. The Morgan fingerprint density at radius 3 is 2.43 bits per heavy atom. The van der Waals surface area contributed by atoms with Crippen LogP contribution in [0.25, 0.3) is 0 Å². The molecule has 0 bridgehead atoms. The molecule has 9 heteroatoms. The summed E-state index contributed by atoms with van der Waals surface area (Å²) >= 11 is 0. The van der Waals surface area contributed by atoms with Gasteiger partial charge in [0.15, 0.2) is 0 Å². The van der Waals surface area contributed by atoms with Crippen LogP contribution in [0.2, 0.25) is 0 Å². The van der Waals surface area contributed by atoms with Gasteiger partial charge in [-0.15, -0.1) is 0 Å². The number of anilines is 2. The normalized spacial score (nSPS) is 19.4. The zero-order valence-electron chi connectivity index (χ0n) is 15.1. The molecule has 4 rings (SSSR count). The van der Waals surface area contributed by atoms with E-state index in [9.17, 15) is 21.6 Å². The lowest BCUT2D eigenvalue weighted by Crippen LogP contribution is -2.48. The second kappa shape index (κ2) is 6.58. The van der Waals surface area contributed by atoms with E-state index in [-0.39, 0.29) is 23.2 Å². The summed E-state index contributed by atoms with van der Waals surface area (Å²) < 4.78 is 72.5. The van der Waals surface area contributed by atoms with E-state index in [4.69, 9.17) is 4.74 Å². The minimum absolute atomic E-state index is 0.0168. The molecule has 2 aliphatic heterocycles. The zero-order chi connectivity index (χ0) is 20.1. The van der Waals surface area contributed by atoms with Crippen LogP contribution in [0.5, 0.6) is 5.75 Å². The van der Waals surface area contributed by atoms with E-state index in [1.807, 2.05) is 4.90 Å². The van der Waals surface area contributed by atoms with Crippen molar-refractivity contribution in [2.24, 2.45) is 0 Å². The van der Waals surface area contributed by atoms with Gasteiger partial charge in [0.2, 0.25) is 0 Å². The smallest absolute Gasteiger partial charge is 0.416 e. The number of fused-ring (bicyclic) bond motifs is 3. The fourth-order valence-electron chi connectivity index (χ4n) is 3.88. The molecule has 2 heterocycles. The first kappa shape index (κ1) is 18.9. The van der Waals surface area contributed by atoms with Gasteiger partial charge in [-0.2, -0.15) is 13.2 Å². The molecule has 0 spiro atoms. The number of benzene rings is 2. The number of sulfonamides is 1. The number of rotatable bonds is 3. The molecule has 0 amide bonds. The van der Waals surface area contributed by atoms with Crippen LogP contribution < -0.4 is 13.9 Å². The highest BCUT2D eigenvalue weighted by Gasteiger charge is 2.41. The predicted molar refractivity (Wildman–Crippen MR) is 99.3 cm³/mol. The highest BCUT2D eigenvalue weighted by Crippen LogP contribution is 2.44. The third-order valence-corrected chi connectivity index (χ3v) is 7.08. The summed E-state index contributed by atoms with van der Waals surface area (Å²) in [6, 6.07) is 9.13. The van der Waals surface area contributed by atoms with Gasteiger partial charge >= 0.3 is 6.18 Å². The maximum Gasteiger partial charge on any atom is 0.416 e. The molecular formula is C19H19F3N2O3S. The fraction of sp³-hybridized carbons (Fsp3) is 0.368. The summed E-state index contributed by atoms with van der Waals surface area (Å²) in [7, 11) is -2.55. The van der Waals surface area contributed by atoms with Gasteiger partial charge in [-0.1, -0.05) is 0 Å². The van der Waals surface area contributed by atoms with E-state index in [1.54, 1.807) is 0 Å². The largest absolute Gasteiger partial charge is 0.497 e. The summed E-state index contributed by atoms with van der Waals surface area (Å²) in [6.45, 7) is 0.835. The number of nitrogens with zero attached hydrogens (tertiary/aromatic N) is 2. The second-order valence-electron chi connectivity index (χ2n) is 6.90.